The molecule has 0 saturated carbocycles. The van der Waals surface area contributed by atoms with Gasteiger partial charge in [-0.1, -0.05) is 0 Å². The first-order valence-electron chi connectivity index (χ1n) is 1.85. The summed E-state index contributed by atoms with van der Waals surface area (Å²) in [6, 6.07) is 0. The molecular formula is C3H3BN2S. The molecule has 1 rings (SSSR count). The van der Waals surface area contributed by atoms with E-state index < -0.39 is 0 Å². The van der Waals surface area contributed by atoms with Crippen LogP contribution in [0.4, 0.5) is 0 Å². The van der Waals surface area contributed by atoms with Crippen LogP contribution in [0.3, 0.4) is 0 Å². The monoisotopic (exact) mass is 110 g/mol. The highest BCUT2D eigenvalue weighted by molar-refractivity contribution is 7.05. The zero-order valence-corrected chi connectivity index (χ0v) is 4.70. The second-order valence-corrected chi connectivity index (χ2v) is 2.13. The van der Waals surface area contributed by atoms with Gasteiger partial charge in [0.2, 0.25) is 0 Å². The number of rotatable bonds is 0. The Morgan fingerprint density at radius 3 is 2.57 bits per heavy atom. The van der Waals surface area contributed by atoms with Gasteiger partial charge < -0.3 is 0 Å². The fourth-order valence-electron chi connectivity index (χ4n) is 0.315. The summed E-state index contributed by atoms with van der Waals surface area (Å²) in [5.41, 5.74) is 0.377. The molecule has 0 aromatic carbocycles. The van der Waals surface area contributed by atoms with E-state index in [2.05, 4.69) is 9.36 Å². The van der Waals surface area contributed by atoms with Gasteiger partial charge in [0.05, 0.1) is 5.72 Å². The van der Waals surface area contributed by atoms with Crippen LogP contribution >= 0.6 is 11.5 Å². The number of hydrogen-bond acceptors (Lipinski definition) is 3. The lowest BCUT2D eigenvalue weighted by Gasteiger charge is -1.68. The van der Waals surface area contributed by atoms with Crippen LogP contribution in [-0.2, 0) is 0 Å². The van der Waals surface area contributed by atoms with Crippen LogP contribution in [0.15, 0.2) is 0 Å². The van der Waals surface area contributed by atoms with Gasteiger partial charge >= 0.3 is 0 Å². The van der Waals surface area contributed by atoms with Crippen LogP contribution in [0, 0.1) is 6.92 Å². The van der Waals surface area contributed by atoms with Gasteiger partial charge in [0, 0.05) is 0 Å². The standard InChI is InChI=1S/C3H3BN2S/c1-2-5-3(4)6-7-2/h1H3. The van der Waals surface area contributed by atoms with Crippen LogP contribution in [0.1, 0.15) is 5.01 Å². The van der Waals surface area contributed by atoms with E-state index in [1.165, 1.54) is 11.5 Å². The Kier molecular flexibility index (Phi) is 1.10. The van der Waals surface area contributed by atoms with E-state index in [4.69, 9.17) is 7.85 Å². The van der Waals surface area contributed by atoms with Crippen LogP contribution in [0.5, 0.6) is 0 Å². The molecular weight excluding hydrogens is 107 g/mol. The first-order chi connectivity index (χ1) is 3.29. The minimum Gasteiger partial charge on any atom is -0.237 e. The van der Waals surface area contributed by atoms with Gasteiger partial charge in [0.25, 0.3) is 0 Å². The van der Waals surface area contributed by atoms with Crippen molar-refractivity contribution < 1.29 is 0 Å². The van der Waals surface area contributed by atoms with Gasteiger partial charge in [-0.15, -0.1) is 0 Å². The van der Waals surface area contributed by atoms with E-state index in [9.17, 15) is 0 Å². The minimum absolute atomic E-state index is 0.377. The van der Waals surface area contributed by atoms with E-state index in [-0.39, 0.29) is 0 Å². The molecule has 2 radical (unpaired) electrons. The largest absolute Gasteiger partial charge is 0.237 e. The fraction of sp³-hybridized carbons (Fsp3) is 0.333. The third-order valence-corrected chi connectivity index (χ3v) is 1.18. The number of hydrogen-bond donors (Lipinski definition) is 0. The molecule has 0 bridgehead atoms. The van der Waals surface area contributed by atoms with Crippen molar-refractivity contribution in [3.05, 3.63) is 5.01 Å². The molecule has 1 heterocycles. The van der Waals surface area contributed by atoms with Crippen molar-refractivity contribution >= 4 is 25.1 Å². The van der Waals surface area contributed by atoms with Gasteiger partial charge in [-0.25, -0.2) is 4.98 Å². The maximum Gasteiger partial charge on any atom is 0.171 e. The molecule has 7 heavy (non-hydrogen) atoms. The van der Waals surface area contributed by atoms with Gasteiger partial charge in [0.1, 0.15) is 5.01 Å². The van der Waals surface area contributed by atoms with E-state index >= 15 is 0 Å². The van der Waals surface area contributed by atoms with E-state index in [1.807, 2.05) is 6.92 Å². The van der Waals surface area contributed by atoms with Crippen molar-refractivity contribution in [2.75, 3.05) is 0 Å². The van der Waals surface area contributed by atoms with Crippen LogP contribution in [0.2, 0.25) is 0 Å². The summed E-state index contributed by atoms with van der Waals surface area (Å²) in [4.78, 5) is 3.80. The second-order valence-electron chi connectivity index (χ2n) is 1.17. The molecule has 0 saturated heterocycles. The maximum atomic E-state index is 5.17. The lowest BCUT2D eigenvalue weighted by atomic mass is 10.1. The number of aromatic nitrogens is 2. The van der Waals surface area contributed by atoms with Crippen LogP contribution < -0.4 is 5.72 Å². The molecule has 0 amide bonds. The number of aryl methyl sites for hydroxylation is 1. The predicted octanol–water partition coefficient (Wildman–Crippen LogP) is -0.360. The zero-order chi connectivity index (χ0) is 5.28. The summed E-state index contributed by atoms with van der Waals surface area (Å²) >= 11 is 1.32. The van der Waals surface area contributed by atoms with Crippen molar-refractivity contribution in [3.63, 3.8) is 0 Å². The zero-order valence-electron chi connectivity index (χ0n) is 3.88. The van der Waals surface area contributed by atoms with Crippen molar-refractivity contribution in [2.24, 2.45) is 0 Å². The fourth-order valence-corrected chi connectivity index (χ4v) is 0.716. The molecule has 0 fully saturated rings. The smallest absolute Gasteiger partial charge is 0.171 e. The molecule has 34 valence electrons. The summed E-state index contributed by atoms with van der Waals surface area (Å²) < 4.78 is 3.72. The van der Waals surface area contributed by atoms with Crippen molar-refractivity contribution in [3.8, 4) is 0 Å². The summed E-state index contributed by atoms with van der Waals surface area (Å²) in [7, 11) is 5.17. The molecule has 4 heteroatoms. The van der Waals surface area contributed by atoms with Crippen LogP contribution in [0.25, 0.3) is 0 Å². The van der Waals surface area contributed by atoms with Gasteiger partial charge in [-0.05, 0) is 18.5 Å². The van der Waals surface area contributed by atoms with Crippen molar-refractivity contribution in [1.82, 2.24) is 9.36 Å². The topological polar surface area (TPSA) is 25.8 Å². The molecule has 0 N–H and O–H groups in total. The van der Waals surface area contributed by atoms with E-state index in [0.29, 0.717) is 5.72 Å². The first-order valence-corrected chi connectivity index (χ1v) is 2.62. The molecule has 0 atom stereocenters. The Bertz CT molecular complexity index is 145. The van der Waals surface area contributed by atoms with Gasteiger partial charge in [-0.2, -0.15) is 4.37 Å². The number of nitrogens with zero attached hydrogens (tertiary/aromatic N) is 2. The third-order valence-electron chi connectivity index (χ3n) is 0.543. The molecule has 0 aliphatic rings. The highest BCUT2D eigenvalue weighted by Crippen LogP contribution is 1.90. The summed E-state index contributed by atoms with van der Waals surface area (Å²) in [6.45, 7) is 1.87. The van der Waals surface area contributed by atoms with E-state index in [1.54, 1.807) is 0 Å². The van der Waals surface area contributed by atoms with Gasteiger partial charge in [0.15, 0.2) is 7.85 Å². The SMILES string of the molecule is [B]c1nsc(C)n1. The normalized spacial score (nSPS) is 9.29. The quantitative estimate of drug-likeness (QED) is 0.426. The lowest BCUT2D eigenvalue weighted by molar-refractivity contribution is 1.31. The van der Waals surface area contributed by atoms with E-state index in [0.717, 1.165) is 5.01 Å². The highest BCUT2D eigenvalue weighted by Gasteiger charge is 1.87. The average molecular weight is 110 g/mol. The minimum atomic E-state index is 0.377. The highest BCUT2D eigenvalue weighted by atomic mass is 32.1. The summed E-state index contributed by atoms with van der Waals surface area (Å²) in [5.74, 6) is 0. The van der Waals surface area contributed by atoms with Crippen LogP contribution in [-0.4, -0.2) is 17.2 Å². The molecule has 0 aliphatic carbocycles. The Hall–Kier alpha value is -0.375. The Morgan fingerprint density at radius 1 is 1.71 bits per heavy atom. The Balaban J connectivity index is 3.04. The van der Waals surface area contributed by atoms with Gasteiger partial charge in [-0.3, -0.25) is 0 Å². The van der Waals surface area contributed by atoms with Crippen molar-refractivity contribution in [2.45, 2.75) is 6.92 Å². The molecule has 1 aromatic rings. The third kappa shape index (κ3) is 0.994. The molecule has 0 spiro atoms. The Morgan fingerprint density at radius 2 is 2.43 bits per heavy atom. The molecule has 1 aromatic heterocycles. The van der Waals surface area contributed by atoms with Crippen molar-refractivity contribution in [1.29, 1.82) is 0 Å². The molecule has 0 unspecified atom stereocenters. The molecule has 0 aliphatic heterocycles. The second kappa shape index (κ2) is 1.62. The maximum absolute atomic E-state index is 5.17. The lowest BCUT2D eigenvalue weighted by Crippen LogP contribution is -2.04. The Labute approximate surface area is 47.2 Å². The summed E-state index contributed by atoms with van der Waals surface area (Å²) in [6.07, 6.45) is 0. The predicted molar refractivity (Wildman–Crippen MR) is 30.0 cm³/mol. The average Bonchev–Trinajstić information content (AvgIpc) is 1.87. The summed E-state index contributed by atoms with van der Waals surface area (Å²) in [5, 5.41) is 0.914. The first kappa shape index (κ1) is 4.78. The molecule has 2 nitrogen and oxygen atoms in total.